The van der Waals surface area contributed by atoms with Crippen LogP contribution < -0.4 is 21.9 Å². The number of carbonyl (C=O) groups is 2. The standard InChI is InChI=1S/C12H19N5O2/c1-8(2)16-11(18)4-6-15-12(19)9-3-5-14-7-10(9)17-13/h3,5,7-8,17H,4,6,13H2,1-2H3,(H,15,19)(H,16,18). The van der Waals surface area contributed by atoms with Gasteiger partial charge in [0.15, 0.2) is 0 Å². The van der Waals surface area contributed by atoms with Gasteiger partial charge in [-0.05, 0) is 19.9 Å². The summed E-state index contributed by atoms with van der Waals surface area (Å²) in [5.41, 5.74) is 3.23. The highest BCUT2D eigenvalue weighted by atomic mass is 16.2. The topological polar surface area (TPSA) is 109 Å². The summed E-state index contributed by atoms with van der Waals surface area (Å²) in [5.74, 6) is 4.89. The van der Waals surface area contributed by atoms with Crippen molar-refractivity contribution in [1.29, 1.82) is 0 Å². The highest BCUT2D eigenvalue weighted by molar-refractivity contribution is 5.99. The Balaban J connectivity index is 2.45. The van der Waals surface area contributed by atoms with E-state index in [1.54, 1.807) is 6.07 Å². The molecular formula is C12H19N5O2. The summed E-state index contributed by atoms with van der Waals surface area (Å²) in [6.45, 7) is 4.03. The number of hydrogen-bond donors (Lipinski definition) is 4. The highest BCUT2D eigenvalue weighted by Gasteiger charge is 2.11. The molecule has 2 amide bonds. The Morgan fingerprint density at radius 1 is 1.42 bits per heavy atom. The summed E-state index contributed by atoms with van der Waals surface area (Å²) >= 11 is 0. The summed E-state index contributed by atoms with van der Waals surface area (Å²) in [4.78, 5) is 27.1. The predicted octanol–water partition coefficient (Wildman–Crippen LogP) is 0.0117. The number of nitrogen functional groups attached to an aromatic ring is 1. The molecule has 0 aliphatic heterocycles. The van der Waals surface area contributed by atoms with Crippen molar-refractivity contribution >= 4 is 17.5 Å². The van der Waals surface area contributed by atoms with Crippen LogP contribution in [0.3, 0.4) is 0 Å². The molecule has 1 aromatic rings. The van der Waals surface area contributed by atoms with E-state index < -0.39 is 0 Å². The fourth-order valence-electron chi connectivity index (χ4n) is 1.49. The molecule has 1 aromatic heterocycles. The summed E-state index contributed by atoms with van der Waals surface area (Å²) in [7, 11) is 0. The van der Waals surface area contributed by atoms with Crippen molar-refractivity contribution in [2.75, 3.05) is 12.0 Å². The van der Waals surface area contributed by atoms with E-state index in [2.05, 4.69) is 21.0 Å². The maximum Gasteiger partial charge on any atom is 0.253 e. The molecule has 0 unspecified atom stereocenters. The zero-order valence-corrected chi connectivity index (χ0v) is 11.1. The van der Waals surface area contributed by atoms with E-state index in [1.165, 1.54) is 12.4 Å². The lowest BCUT2D eigenvalue weighted by Gasteiger charge is -2.10. The van der Waals surface area contributed by atoms with Crippen LogP contribution in [0.25, 0.3) is 0 Å². The number of rotatable bonds is 6. The van der Waals surface area contributed by atoms with Gasteiger partial charge in [-0.15, -0.1) is 0 Å². The van der Waals surface area contributed by atoms with Gasteiger partial charge in [0.1, 0.15) is 0 Å². The fourth-order valence-corrected chi connectivity index (χ4v) is 1.49. The molecule has 19 heavy (non-hydrogen) atoms. The molecule has 7 heteroatoms. The van der Waals surface area contributed by atoms with Crippen molar-refractivity contribution < 1.29 is 9.59 Å². The van der Waals surface area contributed by atoms with Gasteiger partial charge in [0.2, 0.25) is 5.91 Å². The van der Waals surface area contributed by atoms with Crippen LogP contribution in [0.4, 0.5) is 5.69 Å². The van der Waals surface area contributed by atoms with Gasteiger partial charge in [0.25, 0.3) is 5.91 Å². The SMILES string of the molecule is CC(C)NC(=O)CCNC(=O)c1ccncc1NN. The minimum Gasteiger partial charge on any atom is -0.354 e. The average Bonchev–Trinajstić information content (AvgIpc) is 2.37. The Hall–Kier alpha value is -2.15. The number of carbonyl (C=O) groups excluding carboxylic acids is 2. The van der Waals surface area contributed by atoms with Gasteiger partial charge < -0.3 is 16.1 Å². The number of nitrogens with one attached hydrogen (secondary N) is 3. The zero-order valence-electron chi connectivity index (χ0n) is 11.1. The van der Waals surface area contributed by atoms with Gasteiger partial charge in [0, 0.05) is 25.2 Å². The van der Waals surface area contributed by atoms with Crippen molar-refractivity contribution in [3.63, 3.8) is 0 Å². The molecule has 0 aliphatic rings. The number of hydrogen-bond acceptors (Lipinski definition) is 5. The Labute approximate surface area is 111 Å². The van der Waals surface area contributed by atoms with Crippen LogP contribution in [0.5, 0.6) is 0 Å². The highest BCUT2D eigenvalue weighted by Crippen LogP contribution is 2.11. The lowest BCUT2D eigenvalue weighted by atomic mass is 10.2. The lowest BCUT2D eigenvalue weighted by Crippen LogP contribution is -2.34. The Morgan fingerprint density at radius 2 is 2.16 bits per heavy atom. The van der Waals surface area contributed by atoms with E-state index in [9.17, 15) is 9.59 Å². The smallest absolute Gasteiger partial charge is 0.253 e. The van der Waals surface area contributed by atoms with Crippen LogP contribution >= 0.6 is 0 Å². The number of amides is 2. The van der Waals surface area contributed by atoms with Gasteiger partial charge >= 0.3 is 0 Å². The van der Waals surface area contributed by atoms with Gasteiger partial charge in [-0.3, -0.25) is 20.4 Å². The maximum absolute atomic E-state index is 11.9. The van der Waals surface area contributed by atoms with Gasteiger partial charge in [-0.1, -0.05) is 0 Å². The molecule has 0 fully saturated rings. The van der Waals surface area contributed by atoms with E-state index in [0.29, 0.717) is 11.3 Å². The van der Waals surface area contributed by atoms with Crippen LogP contribution in [0.2, 0.25) is 0 Å². The van der Waals surface area contributed by atoms with E-state index >= 15 is 0 Å². The quantitative estimate of drug-likeness (QED) is 0.428. The van der Waals surface area contributed by atoms with E-state index in [4.69, 9.17) is 5.84 Å². The molecule has 0 aliphatic carbocycles. The number of hydrazine groups is 1. The summed E-state index contributed by atoms with van der Waals surface area (Å²) in [5, 5.41) is 5.40. The summed E-state index contributed by atoms with van der Waals surface area (Å²) < 4.78 is 0. The second-order valence-electron chi connectivity index (χ2n) is 4.29. The normalized spacial score (nSPS) is 10.1. The number of pyridine rings is 1. The molecule has 0 bridgehead atoms. The van der Waals surface area contributed by atoms with Gasteiger partial charge in [-0.25, -0.2) is 0 Å². The van der Waals surface area contributed by atoms with Crippen LogP contribution in [-0.2, 0) is 4.79 Å². The van der Waals surface area contributed by atoms with Crippen molar-refractivity contribution in [2.45, 2.75) is 26.3 Å². The Bertz CT molecular complexity index is 448. The van der Waals surface area contributed by atoms with Crippen LogP contribution in [0, 0.1) is 0 Å². The zero-order chi connectivity index (χ0) is 14.3. The van der Waals surface area contributed by atoms with Gasteiger partial charge in [-0.2, -0.15) is 0 Å². The van der Waals surface area contributed by atoms with E-state index in [1.807, 2.05) is 13.8 Å². The number of nitrogens with zero attached hydrogens (tertiary/aromatic N) is 1. The third kappa shape index (κ3) is 4.92. The molecule has 7 nitrogen and oxygen atoms in total. The third-order valence-electron chi connectivity index (χ3n) is 2.31. The van der Waals surface area contributed by atoms with E-state index in [-0.39, 0.29) is 30.8 Å². The van der Waals surface area contributed by atoms with Crippen molar-refractivity contribution in [3.8, 4) is 0 Å². The van der Waals surface area contributed by atoms with Crippen molar-refractivity contribution in [3.05, 3.63) is 24.0 Å². The Morgan fingerprint density at radius 3 is 2.79 bits per heavy atom. The van der Waals surface area contributed by atoms with Crippen LogP contribution in [-0.4, -0.2) is 29.4 Å². The van der Waals surface area contributed by atoms with Crippen molar-refractivity contribution in [1.82, 2.24) is 15.6 Å². The van der Waals surface area contributed by atoms with Crippen LogP contribution in [0.15, 0.2) is 18.5 Å². The first kappa shape index (κ1) is 14.9. The Kier molecular flexibility index (Phi) is 5.74. The molecule has 0 saturated heterocycles. The summed E-state index contributed by atoms with van der Waals surface area (Å²) in [6, 6.07) is 1.65. The average molecular weight is 265 g/mol. The lowest BCUT2D eigenvalue weighted by molar-refractivity contribution is -0.121. The number of aromatic nitrogens is 1. The first-order chi connectivity index (χ1) is 9.04. The molecule has 5 N–H and O–H groups in total. The molecule has 104 valence electrons. The molecular weight excluding hydrogens is 246 g/mol. The van der Waals surface area contributed by atoms with E-state index in [0.717, 1.165) is 0 Å². The molecule has 0 radical (unpaired) electrons. The minimum atomic E-state index is -0.298. The molecule has 1 heterocycles. The maximum atomic E-state index is 11.9. The second-order valence-corrected chi connectivity index (χ2v) is 4.29. The van der Waals surface area contributed by atoms with Crippen molar-refractivity contribution in [2.24, 2.45) is 5.84 Å². The minimum absolute atomic E-state index is 0.0939. The first-order valence-corrected chi connectivity index (χ1v) is 6.02. The molecule has 0 saturated carbocycles. The number of anilines is 1. The first-order valence-electron chi connectivity index (χ1n) is 6.02. The largest absolute Gasteiger partial charge is 0.354 e. The molecule has 0 aromatic carbocycles. The fraction of sp³-hybridized carbons (Fsp3) is 0.417. The third-order valence-corrected chi connectivity index (χ3v) is 2.31. The molecule has 0 atom stereocenters. The monoisotopic (exact) mass is 265 g/mol. The summed E-state index contributed by atoms with van der Waals surface area (Å²) in [6.07, 6.45) is 3.20. The predicted molar refractivity (Wildman–Crippen MR) is 72.3 cm³/mol. The number of nitrogens with two attached hydrogens (primary N) is 1. The molecule has 0 spiro atoms. The molecule has 1 rings (SSSR count). The van der Waals surface area contributed by atoms with Crippen LogP contribution in [0.1, 0.15) is 30.6 Å². The van der Waals surface area contributed by atoms with Gasteiger partial charge in [0.05, 0.1) is 17.4 Å². The second kappa shape index (κ2) is 7.32.